The van der Waals surface area contributed by atoms with Crippen molar-refractivity contribution in [2.75, 3.05) is 19.6 Å². The van der Waals surface area contributed by atoms with Crippen molar-refractivity contribution in [2.45, 2.75) is 6.92 Å². The zero-order valence-corrected chi connectivity index (χ0v) is 10.8. The minimum atomic E-state index is -0.208. The molecular formula is C13H17N5O. The Morgan fingerprint density at radius 1 is 1.26 bits per heavy atom. The summed E-state index contributed by atoms with van der Waals surface area (Å²) in [5, 5.41) is 13.7. The fraction of sp³-hybridized carbons (Fsp3) is 0.308. The molecule has 1 aromatic heterocycles. The highest BCUT2D eigenvalue weighted by atomic mass is 16.2. The second-order valence-corrected chi connectivity index (χ2v) is 3.99. The number of nitrogens with zero attached hydrogens (tertiary/aromatic N) is 3. The van der Waals surface area contributed by atoms with E-state index < -0.39 is 0 Å². The summed E-state index contributed by atoms with van der Waals surface area (Å²) in [5.41, 5.74) is 1.20. The summed E-state index contributed by atoms with van der Waals surface area (Å²) in [6, 6.07) is 9.55. The maximum atomic E-state index is 11.8. The molecule has 0 radical (unpaired) electrons. The van der Waals surface area contributed by atoms with Gasteiger partial charge in [-0.2, -0.15) is 0 Å². The smallest absolute Gasteiger partial charge is 0.273 e. The number of benzene rings is 1. The number of hydrogen-bond donors (Lipinski definition) is 2. The quantitative estimate of drug-likeness (QED) is 0.745. The lowest BCUT2D eigenvalue weighted by Gasteiger charge is -2.02. The first-order valence-electron chi connectivity index (χ1n) is 6.28. The van der Waals surface area contributed by atoms with Crippen LogP contribution >= 0.6 is 0 Å². The SMILES string of the molecule is CCNCCNC(=O)c1cn(-c2ccccc2)nn1. The average Bonchev–Trinajstić information content (AvgIpc) is 2.94. The first-order chi connectivity index (χ1) is 9.31. The number of rotatable bonds is 6. The number of aromatic nitrogens is 3. The van der Waals surface area contributed by atoms with E-state index in [1.807, 2.05) is 37.3 Å². The Balaban J connectivity index is 1.95. The van der Waals surface area contributed by atoms with Gasteiger partial charge in [0.1, 0.15) is 0 Å². The number of nitrogens with one attached hydrogen (secondary N) is 2. The van der Waals surface area contributed by atoms with Crippen molar-refractivity contribution in [3.05, 3.63) is 42.2 Å². The van der Waals surface area contributed by atoms with E-state index in [1.54, 1.807) is 10.9 Å². The van der Waals surface area contributed by atoms with E-state index in [1.165, 1.54) is 0 Å². The number of carbonyl (C=O) groups is 1. The minimum absolute atomic E-state index is 0.208. The molecule has 2 N–H and O–H groups in total. The highest BCUT2D eigenvalue weighted by molar-refractivity contribution is 5.91. The lowest BCUT2D eigenvalue weighted by molar-refractivity contribution is 0.0949. The van der Waals surface area contributed by atoms with Crippen molar-refractivity contribution in [1.82, 2.24) is 25.6 Å². The lowest BCUT2D eigenvalue weighted by Crippen LogP contribution is -2.31. The Bertz CT molecular complexity index is 523. The number of carbonyl (C=O) groups excluding carboxylic acids is 1. The van der Waals surface area contributed by atoms with Gasteiger partial charge in [0.05, 0.1) is 11.9 Å². The Kier molecular flexibility index (Phi) is 4.63. The van der Waals surface area contributed by atoms with Crippen molar-refractivity contribution < 1.29 is 4.79 Å². The molecule has 0 aliphatic carbocycles. The molecule has 1 aromatic carbocycles. The summed E-state index contributed by atoms with van der Waals surface area (Å²) in [7, 11) is 0. The lowest BCUT2D eigenvalue weighted by atomic mass is 10.3. The van der Waals surface area contributed by atoms with E-state index in [-0.39, 0.29) is 5.91 Å². The number of hydrogen-bond acceptors (Lipinski definition) is 4. The van der Waals surface area contributed by atoms with E-state index in [0.717, 1.165) is 18.8 Å². The van der Waals surface area contributed by atoms with Crippen LogP contribution in [0, 0.1) is 0 Å². The van der Waals surface area contributed by atoms with Gasteiger partial charge in [-0.15, -0.1) is 5.10 Å². The highest BCUT2D eigenvalue weighted by Gasteiger charge is 2.10. The normalized spacial score (nSPS) is 10.4. The topological polar surface area (TPSA) is 71.8 Å². The fourth-order valence-corrected chi connectivity index (χ4v) is 1.61. The van der Waals surface area contributed by atoms with E-state index in [0.29, 0.717) is 12.2 Å². The van der Waals surface area contributed by atoms with Crippen LogP contribution in [0.15, 0.2) is 36.5 Å². The Morgan fingerprint density at radius 3 is 2.79 bits per heavy atom. The third-order valence-electron chi connectivity index (χ3n) is 2.58. The molecule has 19 heavy (non-hydrogen) atoms. The summed E-state index contributed by atoms with van der Waals surface area (Å²) >= 11 is 0. The Morgan fingerprint density at radius 2 is 2.05 bits per heavy atom. The molecule has 2 aromatic rings. The number of para-hydroxylation sites is 1. The number of amides is 1. The third kappa shape index (κ3) is 3.62. The van der Waals surface area contributed by atoms with Crippen molar-refractivity contribution in [1.29, 1.82) is 0 Å². The van der Waals surface area contributed by atoms with E-state index in [2.05, 4.69) is 20.9 Å². The van der Waals surface area contributed by atoms with Gasteiger partial charge in [0.2, 0.25) is 0 Å². The van der Waals surface area contributed by atoms with Crippen LogP contribution < -0.4 is 10.6 Å². The van der Waals surface area contributed by atoms with Crippen LogP contribution in [0.1, 0.15) is 17.4 Å². The maximum absolute atomic E-state index is 11.8. The monoisotopic (exact) mass is 259 g/mol. The van der Waals surface area contributed by atoms with Crippen LogP contribution in [0.25, 0.3) is 5.69 Å². The molecule has 0 aliphatic heterocycles. The van der Waals surface area contributed by atoms with Crippen LogP contribution in [0.3, 0.4) is 0 Å². The predicted octanol–water partition coefficient (Wildman–Crippen LogP) is 0.607. The predicted molar refractivity (Wildman–Crippen MR) is 72.2 cm³/mol. The standard InChI is InChI=1S/C13H17N5O/c1-2-14-8-9-15-13(19)12-10-18(17-16-12)11-6-4-3-5-7-11/h3-7,10,14H,2,8-9H2,1H3,(H,15,19). The van der Waals surface area contributed by atoms with Gasteiger partial charge in [-0.3, -0.25) is 4.79 Å². The first kappa shape index (κ1) is 13.2. The molecule has 0 aliphatic rings. The molecule has 0 saturated carbocycles. The summed E-state index contributed by atoms with van der Waals surface area (Å²) in [6.07, 6.45) is 1.62. The summed E-state index contributed by atoms with van der Waals surface area (Å²) in [5.74, 6) is -0.208. The molecule has 0 saturated heterocycles. The largest absolute Gasteiger partial charge is 0.349 e. The molecule has 1 heterocycles. The van der Waals surface area contributed by atoms with E-state index in [9.17, 15) is 4.79 Å². The zero-order valence-electron chi connectivity index (χ0n) is 10.8. The van der Waals surface area contributed by atoms with Gasteiger partial charge < -0.3 is 10.6 Å². The molecule has 0 atom stereocenters. The minimum Gasteiger partial charge on any atom is -0.349 e. The molecule has 1 amide bonds. The Hall–Kier alpha value is -2.21. The van der Waals surface area contributed by atoms with Gasteiger partial charge in [-0.25, -0.2) is 4.68 Å². The molecule has 0 unspecified atom stereocenters. The molecule has 6 heteroatoms. The average molecular weight is 259 g/mol. The third-order valence-corrected chi connectivity index (χ3v) is 2.58. The fourth-order valence-electron chi connectivity index (χ4n) is 1.61. The molecule has 0 bridgehead atoms. The summed E-state index contributed by atoms with van der Waals surface area (Å²) in [6.45, 7) is 4.23. The second-order valence-electron chi connectivity index (χ2n) is 3.99. The first-order valence-corrected chi connectivity index (χ1v) is 6.28. The summed E-state index contributed by atoms with van der Waals surface area (Å²) < 4.78 is 1.58. The Labute approximate surface area is 111 Å². The van der Waals surface area contributed by atoms with Gasteiger partial charge in [0.25, 0.3) is 5.91 Å². The van der Waals surface area contributed by atoms with Crippen LogP contribution in [-0.4, -0.2) is 40.5 Å². The van der Waals surface area contributed by atoms with Gasteiger partial charge >= 0.3 is 0 Å². The van der Waals surface area contributed by atoms with Gasteiger partial charge in [-0.05, 0) is 18.7 Å². The van der Waals surface area contributed by atoms with Crippen LogP contribution in [0.5, 0.6) is 0 Å². The maximum Gasteiger partial charge on any atom is 0.273 e. The van der Waals surface area contributed by atoms with Gasteiger partial charge in [0, 0.05) is 13.1 Å². The van der Waals surface area contributed by atoms with Crippen LogP contribution in [-0.2, 0) is 0 Å². The van der Waals surface area contributed by atoms with Crippen molar-refractivity contribution >= 4 is 5.91 Å². The number of likely N-dealkylation sites (N-methyl/N-ethyl adjacent to an activating group) is 1. The van der Waals surface area contributed by atoms with Crippen LogP contribution in [0.2, 0.25) is 0 Å². The molecule has 0 spiro atoms. The van der Waals surface area contributed by atoms with Crippen molar-refractivity contribution in [3.8, 4) is 5.69 Å². The second kappa shape index (κ2) is 6.65. The highest BCUT2D eigenvalue weighted by Crippen LogP contribution is 2.05. The van der Waals surface area contributed by atoms with E-state index in [4.69, 9.17) is 0 Å². The molecule has 2 rings (SSSR count). The molecule has 6 nitrogen and oxygen atoms in total. The molecular weight excluding hydrogens is 242 g/mol. The molecule has 100 valence electrons. The summed E-state index contributed by atoms with van der Waals surface area (Å²) in [4.78, 5) is 11.8. The zero-order chi connectivity index (χ0) is 13.5. The van der Waals surface area contributed by atoms with Crippen LogP contribution in [0.4, 0.5) is 0 Å². The van der Waals surface area contributed by atoms with Crippen molar-refractivity contribution in [2.24, 2.45) is 0 Å². The van der Waals surface area contributed by atoms with Gasteiger partial charge in [0.15, 0.2) is 5.69 Å². The van der Waals surface area contributed by atoms with Crippen molar-refractivity contribution in [3.63, 3.8) is 0 Å². The van der Waals surface area contributed by atoms with E-state index >= 15 is 0 Å². The van der Waals surface area contributed by atoms with Gasteiger partial charge in [-0.1, -0.05) is 30.3 Å². The molecule has 0 fully saturated rings.